The zero-order valence-electron chi connectivity index (χ0n) is 8.95. The second kappa shape index (κ2) is 6.62. The monoisotopic (exact) mass is 269 g/mol. The van der Waals surface area contributed by atoms with Crippen LogP contribution in [0.4, 0.5) is 0 Å². The van der Waals surface area contributed by atoms with E-state index < -0.39 is 0 Å². The van der Waals surface area contributed by atoms with Crippen LogP contribution in [0.25, 0.3) is 0 Å². The van der Waals surface area contributed by atoms with Crippen molar-refractivity contribution in [2.75, 3.05) is 11.9 Å². The van der Waals surface area contributed by atoms with Crippen LogP contribution in [0, 0.1) is 0 Å². The van der Waals surface area contributed by atoms with Gasteiger partial charge in [0.15, 0.2) is 0 Å². The van der Waals surface area contributed by atoms with Crippen LogP contribution >= 0.6 is 15.9 Å². The molecule has 0 aromatic heterocycles. The molecule has 0 radical (unpaired) electrons. The van der Waals surface area contributed by atoms with Crippen molar-refractivity contribution in [3.63, 3.8) is 0 Å². The molecule has 0 N–H and O–H groups in total. The summed E-state index contributed by atoms with van der Waals surface area (Å²) in [5.41, 5.74) is 1.18. The lowest BCUT2D eigenvalue weighted by Crippen LogP contribution is -2.31. The SMILES string of the molecule is CCC(=O)N(CCBr)Cc1ccccc1. The van der Waals surface area contributed by atoms with Crippen LogP contribution in [0.1, 0.15) is 18.9 Å². The second-order valence-electron chi connectivity index (χ2n) is 3.34. The molecule has 0 bridgehead atoms. The molecule has 0 fully saturated rings. The Morgan fingerprint density at radius 3 is 2.53 bits per heavy atom. The van der Waals surface area contributed by atoms with Crippen molar-refractivity contribution in [1.82, 2.24) is 4.90 Å². The molecule has 0 aliphatic heterocycles. The largest absolute Gasteiger partial charge is 0.338 e. The number of nitrogens with zero attached hydrogens (tertiary/aromatic N) is 1. The molecule has 1 amide bonds. The van der Waals surface area contributed by atoms with Crippen LogP contribution in [0.2, 0.25) is 0 Å². The smallest absolute Gasteiger partial charge is 0.222 e. The molecule has 0 spiro atoms. The number of carbonyl (C=O) groups is 1. The quantitative estimate of drug-likeness (QED) is 0.753. The van der Waals surface area contributed by atoms with E-state index in [1.165, 1.54) is 5.56 Å². The number of hydrogen-bond acceptors (Lipinski definition) is 1. The summed E-state index contributed by atoms with van der Waals surface area (Å²) in [4.78, 5) is 13.5. The lowest BCUT2D eigenvalue weighted by Gasteiger charge is -2.21. The number of carbonyl (C=O) groups excluding carboxylic acids is 1. The van der Waals surface area contributed by atoms with Gasteiger partial charge < -0.3 is 4.90 Å². The van der Waals surface area contributed by atoms with Crippen LogP contribution in [0.3, 0.4) is 0 Å². The summed E-state index contributed by atoms with van der Waals surface area (Å²) >= 11 is 3.37. The first-order chi connectivity index (χ1) is 7.27. The van der Waals surface area contributed by atoms with Crippen LogP contribution < -0.4 is 0 Å². The highest BCUT2D eigenvalue weighted by Crippen LogP contribution is 2.06. The predicted molar refractivity (Wildman–Crippen MR) is 65.9 cm³/mol. The summed E-state index contributed by atoms with van der Waals surface area (Å²) in [7, 11) is 0. The van der Waals surface area contributed by atoms with Gasteiger partial charge in [-0.1, -0.05) is 53.2 Å². The Balaban J connectivity index is 2.62. The first kappa shape index (κ1) is 12.2. The average Bonchev–Trinajstić information content (AvgIpc) is 2.29. The fourth-order valence-electron chi connectivity index (χ4n) is 1.42. The van der Waals surface area contributed by atoms with Crippen LogP contribution in [0.15, 0.2) is 30.3 Å². The van der Waals surface area contributed by atoms with Gasteiger partial charge in [-0.25, -0.2) is 0 Å². The van der Waals surface area contributed by atoms with Gasteiger partial charge in [0.25, 0.3) is 0 Å². The zero-order chi connectivity index (χ0) is 11.1. The maximum Gasteiger partial charge on any atom is 0.222 e. The van der Waals surface area contributed by atoms with Crippen molar-refractivity contribution in [1.29, 1.82) is 0 Å². The van der Waals surface area contributed by atoms with E-state index in [4.69, 9.17) is 0 Å². The minimum atomic E-state index is 0.207. The van der Waals surface area contributed by atoms with Gasteiger partial charge in [0.2, 0.25) is 5.91 Å². The number of benzene rings is 1. The topological polar surface area (TPSA) is 20.3 Å². The molecule has 82 valence electrons. The van der Waals surface area contributed by atoms with Gasteiger partial charge >= 0.3 is 0 Å². The molecule has 3 heteroatoms. The molecule has 1 aromatic rings. The van der Waals surface area contributed by atoms with Crippen molar-refractivity contribution >= 4 is 21.8 Å². The minimum absolute atomic E-state index is 0.207. The summed E-state index contributed by atoms with van der Waals surface area (Å²) in [5, 5.41) is 0.825. The van der Waals surface area contributed by atoms with Gasteiger partial charge in [-0.15, -0.1) is 0 Å². The lowest BCUT2D eigenvalue weighted by molar-refractivity contribution is -0.131. The molecule has 15 heavy (non-hydrogen) atoms. The van der Waals surface area contributed by atoms with Gasteiger partial charge in [0, 0.05) is 24.8 Å². The summed E-state index contributed by atoms with van der Waals surface area (Å²) in [5.74, 6) is 0.207. The Morgan fingerprint density at radius 2 is 2.00 bits per heavy atom. The Kier molecular flexibility index (Phi) is 5.40. The molecule has 0 unspecified atom stereocenters. The van der Waals surface area contributed by atoms with E-state index in [-0.39, 0.29) is 5.91 Å². The van der Waals surface area contributed by atoms with E-state index in [2.05, 4.69) is 15.9 Å². The van der Waals surface area contributed by atoms with Crippen molar-refractivity contribution < 1.29 is 4.79 Å². The zero-order valence-corrected chi connectivity index (χ0v) is 10.5. The number of halogens is 1. The van der Waals surface area contributed by atoms with Crippen molar-refractivity contribution in [3.05, 3.63) is 35.9 Å². The number of hydrogen-bond donors (Lipinski definition) is 0. The molecule has 0 saturated carbocycles. The molecular weight excluding hydrogens is 254 g/mol. The molecule has 0 aliphatic carbocycles. The third-order valence-electron chi connectivity index (χ3n) is 2.23. The van der Waals surface area contributed by atoms with E-state index in [0.29, 0.717) is 13.0 Å². The molecule has 2 nitrogen and oxygen atoms in total. The maximum atomic E-state index is 11.6. The Hall–Kier alpha value is -0.830. The van der Waals surface area contributed by atoms with Crippen LogP contribution in [0.5, 0.6) is 0 Å². The van der Waals surface area contributed by atoms with E-state index >= 15 is 0 Å². The van der Waals surface area contributed by atoms with E-state index in [9.17, 15) is 4.79 Å². The predicted octanol–water partition coefficient (Wildman–Crippen LogP) is 2.82. The van der Waals surface area contributed by atoms with Gasteiger partial charge in [-0.05, 0) is 5.56 Å². The highest BCUT2D eigenvalue weighted by atomic mass is 79.9. The van der Waals surface area contributed by atoms with Crippen molar-refractivity contribution in [2.24, 2.45) is 0 Å². The summed E-state index contributed by atoms with van der Waals surface area (Å²) in [6.45, 7) is 3.37. The Morgan fingerprint density at radius 1 is 1.33 bits per heavy atom. The van der Waals surface area contributed by atoms with Gasteiger partial charge in [0.05, 0.1) is 0 Å². The van der Waals surface area contributed by atoms with Crippen molar-refractivity contribution in [3.8, 4) is 0 Å². The normalized spacial score (nSPS) is 10.0. The van der Waals surface area contributed by atoms with Crippen molar-refractivity contribution in [2.45, 2.75) is 19.9 Å². The van der Waals surface area contributed by atoms with E-state index in [1.807, 2.05) is 42.2 Å². The summed E-state index contributed by atoms with van der Waals surface area (Å²) in [6.07, 6.45) is 0.569. The van der Waals surface area contributed by atoms with E-state index in [0.717, 1.165) is 11.9 Å². The highest BCUT2D eigenvalue weighted by molar-refractivity contribution is 9.09. The first-order valence-electron chi connectivity index (χ1n) is 5.15. The standard InChI is InChI=1S/C12H16BrNO/c1-2-12(15)14(9-8-13)10-11-6-4-3-5-7-11/h3-7H,2,8-10H2,1H3. The number of alkyl halides is 1. The fourth-order valence-corrected chi connectivity index (χ4v) is 1.85. The maximum absolute atomic E-state index is 11.6. The molecule has 0 heterocycles. The summed E-state index contributed by atoms with van der Waals surface area (Å²) in [6, 6.07) is 10.1. The van der Waals surface area contributed by atoms with Gasteiger partial charge in [-0.2, -0.15) is 0 Å². The van der Waals surface area contributed by atoms with Gasteiger partial charge in [0.1, 0.15) is 0 Å². The summed E-state index contributed by atoms with van der Waals surface area (Å²) < 4.78 is 0. The Bertz CT molecular complexity index is 300. The number of rotatable bonds is 5. The lowest BCUT2D eigenvalue weighted by atomic mass is 10.2. The highest BCUT2D eigenvalue weighted by Gasteiger charge is 2.10. The Labute approximate surface area is 99.4 Å². The minimum Gasteiger partial charge on any atom is -0.338 e. The molecule has 1 rings (SSSR count). The molecule has 0 aliphatic rings. The molecular formula is C12H16BrNO. The van der Waals surface area contributed by atoms with E-state index in [1.54, 1.807) is 0 Å². The van der Waals surface area contributed by atoms with Crippen LogP contribution in [-0.2, 0) is 11.3 Å². The molecule has 0 atom stereocenters. The fraction of sp³-hybridized carbons (Fsp3) is 0.417. The second-order valence-corrected chi connectivity index (χ2v) is 4.14. The third-order valence-corrected chi connectivity index (χ3v) is 2.58. The molecule has 1 aromatic carbocycles. The third kappa shape index (κ3) is 4.04. The van der Waals surface area contributed by atoms with Gasteiger partial charge in [-0.3, -0.25) is 4.79 Å². The number of amides is 1. The van der Waals surface area contributed by atoms with Crippen LogP contribution in [-0.4, -0.2) is 22.7 Å². The average molecular weight is 270 g/mol. The first-order valence-corrected chi connectivity index (χ1v) is 6.27. The molecule has 0 saturated heterocycles.